The largest absolute Gasteiger partial charge is 0.395 e. The molecule has 0 bridgehead atoms. The zero-order valence-corrected chi connectivity index (χ0v) is 10.3. The average Bonchev–Trinajstić information content (AvgIpc) is 2.34. The average molecular weight is 240 g/mol. The van der Waals surface area contributed by atoms with Crippen molar-refractivity contribution in [3.8, 4) is 0 Å². The Labute approximate surface area is 101 Å². The molecule has 0 aromatic carbocycles. The molecule has 1 aliphatic rings. The zero-order chi connectivity index (χ0) is 12.8. The Balaban J connectivity index is 2.70. The molecular formula is C12H20N2O3. The second kappa shape index (κ2) is 6.39. The molecule has 5 heteroatoms. The van der Waals surface area contributed by atoms with E-state index in [0.29, 0.717) is 12.8 Å². The SMILES string of the molecule is CN(C)C(=O)C1CC=CCC1C(=O)NCCO. The van der Waals surface area contributed by atoms with Crippen LogP contribution in [0.5, 0.6) is 0 Å². The number of rotatable bonds is 4. The minimum Gasteiger partial charge on any atom is -0.395 e. The summed E-state index contributed by atoms with van der Waals surface area (Å²) in [4.78, 5) is 25.3. The highest BCUT2D eigenvalue weighted by molar-refractivity contribution is 5.88. The summed E-state index contributed by atoms with van der Waals surface area (Å²) in [5, 5.41) is 11.3. The van der Waals surface area contributed by atoms with E-state index in [1.807, 2.05) is 12.2 Å². The number of aliphatic hydroxyl groups is 1. The zero-order valence-electron chi connectivity index (χ0n) is 10.3. The molecule has 2 amide bonds. The van der Waals surface area contributed by atoms with Crippen LogP contribution in [0.1, 0.15) is 12.8 Å². The lowest BCUT2D eigenvalue weighted by molar-refractivity contribution is -0.140. The topological polar surface area (TPSA) is 69.6 Å². The number of nitrogens with one attached hydrogen (secondary N) is 1. The number of carbonyl (C=O) groups is 2. The van der Waals surface area contributed by atoms with E-state index in [9.17, 15) is 9.59 Å². The van der Waals surface area contributed by atoms with Crippen molar-refractivity contribution in [2.75, 3.05) is 27.2 Å². The van der Waals surface area contributed by atoms with Crippen LogP contribution in [0.2, 0.25) is 0 Å². The molecule has 0 saturated carbocycles. The molecule has 96 valence electrons. The third-order valence-electron chi connectivity index (χ3n) is 2.94. The maximum atomic E-state index is 11.9. The first-order chi connectivity index (χ1) is 8.07. The Morgan fingerprint density at radius 1 is 1.29 bits per heavy atom. The highest BCUT2D eigenvalue weighted by Crippen LogP contribution is 2.27. The highest BCUT2D eigenvalue weighted by Gasteiger charge is 2.34. The van der Waals surface area contributed by atoms with Gasteiger partial charge >= 0.3 is 0 Å². The molecule has 1 aliphatic carbocycles. The maximum Gasteiger partial charge on any atom is 0.226 e. The van der Waals surface area contributed by atoms with E-state index in [2.05, 4.69) is 5.32 Å². The summed E-state index contributed by atoms with van der Waals surface area (Å²) in [6, 6.07) is 0. The van der Waals surface area contributed by atoms with Crippen LogP contribution >= 0.6 is 0 Å². The van der Waals surface area contributed by atoms with Crippen molar-refractivity contribution < 1.29 is 14.7 Å². The van der Waals surface area contributed by atoms with Gasteiger partial charge < -0.3 is 15.3 Å². The summed E-state index contributed by atoms with van der Waals surface area (Å²) in [7, 11) is 3.40. The van der Waals surface area contributed by atoms with E-state index in [4.69, 9.17) is 5.11 Å². The maximum absolute atomic E-state index is 11.9. The second-order valence-electron chi connectivity index (χ2n) is 4.40. The molecule has 0 spiro atoms. The molecule has 17 heavy (non-hydrogen) atoms. The summed E-state index contributed by atoms with van der Waals surface area (Å²) in [5.74, 6) is -0.766. The van der Waals surface area contributed by atoms with Crippen LogP contribution in [-0.2, 0) is 9.59 Å². The first-order valence-electron chi connectivity index (χ1n) is 5.82. The number of aliphatic hydroxyl groups excluding tert-OH is 1. The van der Waals surface area contributed by atoms with Gasteiger partial charge in [-0.3, -0.25) is 9.59 Å². The molecule has 0 saturated heterocycles. The van der Waals surface area contributed by atoms with E-state index in [1.54, 1.807) is 14.1 Å². The third-order valence-corrected chi connectivity index (χ3v) is 2.94. The van der Waals surface area contributed by atoms with Crippen molar-refractivity contribution >= 4 is 11.8 Å². The molecule has 0 aliphatic heterocycles. The third kappa shape index (κ3) is 3.56. The van der Waals surface area contributed by atoms with Gasteiger partial charge in [0.2, 0.25) is 11.8 Å². The minimum absolute atomic E-state index is 0.0153. The van der Waals surface area contributed by atoms with Gasteiger partial charge in [0.1, 0.15) is 0 Å². The van der Waals surface area contributed by atoms with Crippen LogP contribution in [0.4, 0.5) is 0 Å². The molecule has 2 N–H and O–H groups in total. The summed E-state index contributed by atoms with van der Waals surface area (Å²) >= 11 is 0. The van der Waals surface area contributed by atoms with Gasteiger partial charge in [-0.1, -0.05) is 12.2 Å². The van der Waals surface area contributed by atoms with E-state index >= 15 is 0 Å². The van der Waals surface area contributed by atoms with Crippen LogP contribution in [0.25, 0.3) is 0 Å². The Bertz CT molecular complexity index is 313. The van der Waals surface area contributed by atoms with Gasteiger partial charge in [0.25, 0.3) is 0 Å². The molecule has 0 fully saturated rings. The van der Waals surface area contributed by atoms with Crippen molar-refractivity contribution in [1.29, 1.82) is 0 Å². The quantitative estimate of drug-likeness (QED) is 0.667. The van der Waals surface area contributed by atoms with Gasteiger partial charge in [-0.25, -0.2) is 0 Å². The molecular weight excluding hydrogens is 220 g/mol. The standard InChI is InChI=1S/C12H20N2O3/c1-14(2)12(17)10-6-4-3-5-9(10)11(16)13-7-8-15/h3-4,9-10,15H,5-8H2,1-2H3,(H,13,16). The number of hydrogen-bond donors (Lipinski definition) is 2. The molecule has 2 atom stereocenters. The summed E-state index contributed by atoms with van der Waals surface area (Å²) in [6.07, 6.45) is 5.07. The molecule has 5 nitrogen and oxygen atoms in total. The first-order valence-corrected chi connectivity index (χ1v) is 5.82. The van der Waals surface area contributed by atoms with Crippen molar-refractivity contribution in [2.24, 2.45) is 11.8 Å². The molecule has 1 rings (SSSR count). The van der Waals surface area contributed by atoms with E-state index in [-0.39, 0.29) is 36.8 Å². The van der Waals surface area contributed by atoms with Crippen LogP contribution in [0.3, 0.4) is 0 Å². The van der Waals surface area contributed by atoms with Gasteiger partial charge in [0.05, 0.1) is 18.4 Å². The van der Waals surface area contributed by atoms with Crippen LogP contribution in [0, 0.1) is 11.8 Å². The Morgan fingerprint density at radius 2 is 1.88 bits per heavy atom. The summed E-state index contributed by atoms with van der Waals surface area (Å²) in [6.45, 7) is 0.155. The number of hydrogen-bond acceptors (Lipinski definition) is 3. The molecule has 2 unspecified atom stereocenters. The van der Waals surface area contributed by atoms with Crippen LogP contribution in [0.15, 0.2) is 12.2 Å². The van der Waals surface area contributed by atoms with Crippen molar-refractivity contribution in [2.45, 2.75) is 12.8 Å². The van der Waals surface area contributed by atoms with Crippen molar-refractivity contribution in [3.05, 3.63) is 12.2 Å². The lowest BCUT2D eigenvalue weighted by Crippen LogP contribution is -2.43. The number of amides is 2. The van der Waals surface area contributed by atoms with Gasteiger partial charge in [0, 0.05) is 20.6 Å². The Hall–Kier alpha value is -1.36. The molecule has 0 aromatic heterocycles. The van der Waals surface area contributed by atoms with Gasteiger partial charge in [-0.15, -0.1) is 0 Å². The van der Waals surface area contributed by atoms with Gasteiger partial charge in [-0.05, 0) is 12.8 Å². The Morgan fingerprint density at radius 3 is 2.41 bits per heavy atom. The molecule has 0 radical (unpaired) electrons. The number of allylic oxidation sites excluding steroid dienone is 2. The van der Waals surface area contributed by atoms with Crippen LogP contribution in [-0.4, -0.2) is 49.1 Å². The van der Waals surface area contributed by atoms with E-state index < -0.39 is 0 Å². The van der Waals surface area contributed by atoms with Gasteiger partial charge in [-0.2, -0.15) is 0 Å². The van der Waals surface area contributed by atoms with E-state index in [0.717, 1.165) is 0 Å². The molecule has 0 aromatic rings. The number of carbonyl (C=O) groups excluding carboxylic acids is 2. The monoisotopic (exact) mass is 240 g/mol. The fourth-order valence-corrected chi connectivity index (χ4v) is 2.02. The normalized spacial score (nSPS) is 23.2. The Kier molecular flexibility index (Phi) is 5.15. The highest BCUT2D eigenvalue weighted by atomic mass is 16.3. The van der Waals surface area contributed by atoms with Crippen molar-refractivity contribution in [1.82, 2.24) is 10.2 Å². The minimum atomic E-state index is -0.318. The van der Waals surface area contributed by atoms with Crippen molar-refractivity contribution in [3.63, 3.8) is 0 Å². The van der Waals surface area contributed by atoms with E-state index in [1.165, 1.54) is 4.90 Å². The first kappa shape index (κ1) is 13.7. The molecule has 0 heterocycles. The lowest BCUT2D eigenvalue weighted by Gasteiger charge is -2.28. The smallest absolute Gasteiger partial charge is 0.226 e. The second-order valence-corrected chi connectivity index (χ2v) is 4.40. The van der Waals surface area contributed by atoms with Gasteiger partial charge in [0.15, 0.2) is 0 Å². The number of nitrogens with zero attached hydrogens (tertiary/aromatic N) is 1. The summed E-state index contributed by atoms with van der Waals surface area (Å²) in [5.41, 5.74) is 0. The lowest BCUT2D eigenvalue weighted by atomic mass is 9.81. The van der Waals surface area contributed by atoms with Crippen LogP contribution < -0.4 is 5.32 Å². The predicted octanol–water partition coefficient (Wildman–Crippen LogP) is -0.234. The summed E-state index contributed by atoms with van der Waals surface area (Å²) < 4.78 is 0. The predicted molar refractivity (Wildman–Crippen MR) is 64.1 cm³/mol. The fraction of sp³-hybridized carbons (Fsp3) is 0.667. The fourth-order valence-electron chi connectivity index (χ4n) is 2.02.